The van der Waals surface area contributed by atoms with Crippen LogP contribution in [0.15, 0.2) is 41.3 Å². The zero-order chi connectivity index (χ0) is 27.0. The lowest BCUT2D eigenvalue weighted by atomic mass is 9.85. The number of ether oxygens (including phenoxy) is 1. The Kier molecular flexibility index (Phi) is 7.05. The first-order valence-corrected chi connectivity index (χ1v) is 11.8. The molecule has 0 unspecified atom stereocenters. The van der Waals surface area contributed by atoms with Crippen LogP contribution in [-0.4, -0.2) is 45.9 Å². The van der Waals surface area contributed by atoms with Crippen LogP contribution in [-0.2, 0) is 10.3 Å². The summed E-state index contributed by atoms with van der Waals surface area (Å²) in [6.07, 6.45) is -4.64. The smallest absolute Gasteiger partial charge is 0.378 e. The van der Waals surface area contributed by atoms with Gasteiger partial charge in [-0.2, -0.15) is 23.5 Å². The van der Waals surface area contributed by atoms with Gasteiger partial charge in [-0.25, -0.2) is 4.39 Å². The minimum atomic E-state index is -4.51. The molecule has 1 aromatic carbocycles. The molecule has 0 amide bonds. The van der Waals surface area contributed by atoms with Crippen molar-refractivity contribution in [1.82, 2.24) is 20.1 Å². The largest absolute Gasteiger partial charge is 0.407 e. The second-order valence-corrected chi connectivity index (χ2v) is 10.2. The van der Waals surface area contributed by atoms with Crippen molar-refractivity contribution in [1.29, 1.82) is 5.26 Å². The van der Waals surface area contributed by atoms with Gasteiger partial charge in [0.15, 0.2) is 5.82 Å². The summed E-state index contributed by atoms with van der Waals surface area (Å²) in [5.41, 5.74) is -1.86. The number of anilines is 2. The molecular formula is C25H28F4N6O2. The molecule has 8 nitrogen and oxygen atoms in total. The summed E-state index contributed by atoms with van der Waals surface area (Å²) in [6.45, 7) is 4.97. The Morgan fingerprint density at radius 2 is 1.97 bits per heavy atom. The first-order valence-electron chi connectivity index (χ1n) is 11.8. The molecule has 1 fully saturated rings. The van der Waals surface area contributed by atoms with Gasteiger partial charge >= 0.3 is 6.18 Å². The van der Waals surface area contributed by atoms with E-state index in [0.717, 1.165) is 0 Å². The Morgan fingerprint density at radius 3 is 2.57 bits per heavy atom. The van der Waals surface area contributed by atoms with E-state index >= 15 is 4.39 Å². The van der Waals surface area contributed by atoms with Crippen LogP contribution in [0.3, 0.4) is 0 Å². The van der Waals surface area contributed by atoms with Gasteiger partial charge in [0, 0.05) is 24.0 Å². The maximum absolute atomic E-state index is 15.2. The van der Waals surface area contributed by atoms with Gasteiger partial charge in [-0.05, 0) is 51.0 Å². The molecule has 3 atom stereocenters. The summed E-state index contributed by atoms with van der Waals surface area (Å²) in [6, 6.07) is 7.33. The topological polar surface area (TPSA) is 108 Å². The summed E-state index contributed by atoms with van der Waals surface area (Å²) in [5, 5.41) is 19.7. The van der Waals surface area contributed by atoms with Crippen LogP contribution in [0.5, 0.6) is 0 Å². The second kappa shape index (κ2) is 9.79. The molecule has 3 N–H and O–H groups in total. The molecule has 37 heavy (non-hydrogen) atoms. The number of alkyl halides is 4. The van der Waals surface area contributed by atoms with Crippen LogP contribution < -0.4 is 16.2 Å². The van der Waals surface area contributed by atoms with E-state index in [1.807, 2.05) is 6.07 Å². The number of nitriles is 1. The molecule has 0 radical (unpaired) electrons. The van der Waals surface area contributed by atoms with E-state index in [-0.39, 0.29) is 42.8 Å². The lowest BCUT2D eigenvalue weighted by Crippen LogP contribution is -2.49. The number of rotatable bonds is 6. The van der Waals surface area contributed by atoms with Crippen molar-refractivity contribution in [2.45, 2.75) is 63.1 Å². The summed E-state index contributed by atoms with van der Waals surface area (Å²) in [5.74, 6) is 0.0980. The van der Waals surface area contributed by atoms with Gasteiger partial charge in [-0.15, -0.1) is 0 Å². The highest BCUT2D eigenvalue weighted by Gasteiger charge is 2.46. The van der Waals surface area contributed by atoms with E-state index in [1.54, 1.807) is 26.8 Å². The second-order valence-electron chi connectivity index (χ2n) is 10.2. The molecule has 0 aliphatic carbocycles. The zero-order valence-corrected chi connectivity index (χ0v) is 20.6. The highest BCUT2D eigenvalue weighted by atomic mass is 19.4. The molecule has 198 valence electrons. The standard InChI is InChI=1S/C25H28F4N6O2/c1-23(2,3)33-20(25(27,28)29)15-4-6-16(7-5-15)32-21-19-17(8-12-31-22(19)36)35(34-21)24(9-11-30)10-13-37-14-18(24)26/h4-8,12,18,20,33H,9-10,13-14H2,1-3H3,(H,31,36)(H,32,34)/t18-,20+,24+/m1/s1. The zero-order valence-electron chi connectivity index (χ0n) is 20.6. The molecule has 1 saturated heterocycles. The van der Waals surface area contributed by atoms with Crippen LogP contribution >= 0.6 is 0 Å². The van der Waals surface area contributed by atoms with E-state index in [1.165, 1.54) is 35.1 Å². The molecule has 2 aromatic heterocycles. The van der Waals surface area contributed by atoms with Gasteiger partial charge < -0.3 is 15.0 Å². The predicted molar refractivity (Wildman–Crippen MR) is 130 cm³/mol. The number of nitrogens with one attached hydrogen (secondary N) is 3. The Hall–Kier alpha value is -3.43. The number of fused-ring (bicyclic) bond motifs is 1. The highest BCUT2D eigenvalue weighted by Crippen LogP contribution is 2.39. The minimum Gasteiger partial charge on any atom is -0.378 e. The predicted octanol–water partition coefficient (Wildman–Crippen LogP) is 4.83. The summed E-state index contributed by atoms with van der Waals surface area (Å²) in [7, 11) is 0. The van der Waals surface area contributed by atoms with Gasteiger partial charge in [0.05, 0.1) is 24.6 Å². The van der Waals surface area contributed by atoms with Crippen LogP contribution in [0, 0.1) is 11.3 Å². The number of nitrogens with zero attached hydrogens (tertiary/aromatic N) is 3. The fourth-order valence-corrected chi connectivity index (χ4v) is 4.58. The molecule has 0 saturated carbocycles. The fraction of sp³-hybridized carbons (Fsp3) is 0.480. The van der Waals surface area contributed by atoms with E-state index in [2.05, 4.69) is 20.7 Å². The van der Waals surface area contributed by atoms with Crippen LogP contribution in [0.1, 0.15) is 45.2 Å². The lowest BCUT2D eigenvalue weighted by Gasteiger charge is -2.38. The third-order valence-corrected chi connectivity index (χ3v) is 6.35. The van der Waals surface area contributed by atoms with Gasteiger partial charge in [0.25, 0.3) is 5.56 Å². The SMILES string of the molecule is CC(C)(C)N[C@@H](c1ccc(Nc2nn([C@@]3(CC#N)CCOC[C@H]3F)c3cc[nH]c(=O)c23)cc1)C(F)(F)F. The normalized spacial score (nSPS) is 21.5. The fourth-order valence-electron chi connectivity index (χ4n) is 4.58. The van der Waals surface area contributed by atoms with E-state index < -0.39 is 35.0 Å². The third-order valence-electron chi connectivity index (χ3n) is 6.35. The van der Waals surface area contributed by atoms with Crippen molar-refractivity contribution < 1.29 is 22.3 Å². The van der Waals surface area contributed by atoms with Gasteiger partial charge in [-0.3, -0.25) is 14.8 Å². The van der Waals surface area contributed by atoms with Crippen molar-refractivity contribution in [3.05, 3.63) is 52.4 Å². The first kappa shape index (κ1) is 26.6. The van der Waals surface area contributed by atoms with E-state index in [0.29, 0.717) is 11.2 Å². The number of aromatic amines is 1. The first-order chi connectivity index (χ1) is 17.4. The van der Waals surface area contributed by atoms with Crippen molar-refractivity contribution in [2.75, 3.05) is 18.5 Å². The Bertz CT molecular complexity index is 1350. The van der Waals surface area contributed by atoms with Crippen LogP contribution in [0.25, 0.3) is 10.9 Å². The number of H-pyrrole nitrogens is 1. The van der Waals surface area contributed by atoms with Crippen LogP contribution in [0.4, 0.5) is 29.1 Å². The molecule has 3 aromatic rings. The average molecular weight is 521 g/mol. The van der Waals surface area contributed by atoms with Crippen molar-refractivity contribution in [3.8, 4) is 6.07 Å². The Labute approximate surface area is 210 Å². The molecule has 12 heteroatoms. The number of aromatic nitrogens is 3. The maximum Gasteiger partial charge on any atom is 0.407 e. The number of halogens is 4. The van der Waals surface area contributed by atoms with Gasteiger partial charge in [-0.1, -0.05) is 12.1 Å². The summed E-state index contributed by atoms with van der Waals surface area (Å²) in [4.78, 5) is 15.3. The summed E-state index contributed by atoms with van der Waals surface area (Å²) >= 11 is 0. The number of hydrogen-bond donors (Lipinski definition) is 3. The van der Waals surface area contributed by atoms with Crippen molar-refractivity contribution in [2.24, 2.45) is 0 Å². The van der Waals surface area contributed by atoms with E-state index in [9.17, 15) is 23.2 Å². The van der Waals surface area contributed by atoms with Gasteiger partial charge in [0.1, 0.15) is 23.1 Å². The highest BCUT2D eigenvalue weighted by molar-refractivity contribution is 5.91. The van der Waals surface area contributed by atoms with E-state index in [4.69, 9.17) is 4.74 Å². The number of pyridine rings is 1. The maximum atomic E-state index is 15.2. The molecule has 0 bridgehead atoms. The average Bonchev–Trinajstić information content (AvgIpc) is 3.19. The molecule has 3 heterocycles. The molecule has 1 aliphatic heterocycles. The monoisotopic (exact) mass is 520 g/mol. The Morgan fingerprint density at radius 1 is 1.27 bits per heavy atom. The quantitative estimate of drug-likeness (QED) is 0.402. The van der Waals surface area contributed by atoms with Crippen LogP contribution in [0.2, 0.25) is 0 Å². The molecule has 1 aliphatic rings. The van der Waals surface area contributed by atoms with Gasteiger partial charge in [0.2, 0.25) is 0 Å². The molecular weight excluding hydrogens is 492 g/mol. The summed E-state index contributed by atoms with van der Waals surface area (Å²) < 4.78 is 63.0. The minimum absolute atomic E-state index is 0.0247. The Balaban J connectivity index is 1.73. The van der Waals surface area contributed by atoms with Crippen molar-refractivity contribution in [3.63, 3.8) is 0 Å². The number of hydrogen-bond acceptors (Lipinski definition) is 6. The lowest BCUT2D eigenvalue weighted by molar-refractivity contribution is -0.161. The molecule has 0 spiro atoms. The third kappa shape index (κ3) is 5.33. The number of benzene rings is 1. The molecule has 4 rings (SSSR count). The van der Waals surface area contributed by atoms with Crippen molar-refractivity contribution >= 4 is 22.4 Å².